The third kappa shape index (κ3) is 3.87. The minimum atomic E-state index is -1.09. The van der Waals surface area contributed by atoms with Crippen LogP contribution in [-0.2, 0) is 9.53 Å². The summed E-state index contributed by atoms with van der Waals surface area (Å²) in [6.45, 7) is 5.52. The first-order valence-electron chi connectivity index (χ1n) is 8.98. The summed E-state index contributed by atoms with van der Waals surface area (Å²) < 4.78 is 5.41. The Labute approximate surface area is 158 Å². The fourth-order valence-electron chi connectivity index (χ4n) is 3.61. The molecule has 1 aliphatic carbocycles. The molecule has 5 heteroatoms. The van der Waals surface area contributed by atoms with E-state index < -0.39 is 18.1 Å². The number of carbonyl (C=O) groups is 2. The van der Waals surface area contributed by atoms with Gasteiger partial charge in [-0.2, -0.15) is 0 Å². The van der Waals surface area contributed by atoms with Crippen LogP contribution in [0.25, 0.3) is 11.1 Å². The van der Waals surface area contributed by atoms with Crippen LogP contribution in [0.2, 0.25) is 0 Å². The van der Waals surface area contributed by atoms with Crippen LogP contribution in [-0.4, -0.2) is 29.8 Å². The molecule has 2 aromatic carbocycles. The largest absolute Gasteiger partial charge is 0.480 e. The lowest BCUT2D eigenvalue weighted by Gasteiger charge is -2.21. The summed E-state index contributed by atoms with van der Waals surface area (Å²) >= 11 is 0. The smallest absolute Gasteiger partial charge is 0.407 e. The highest BCUT2D eigenvalue weighted by Gasteiger charge is 2.30. The summed E-state index contributed by atoms with van der Waals surface area (Å²) in [6, 6.07) is 15.1. The van der Waals surface area contributed by atoms with Gasteiger partial charge in [-0.3, -0.25) is 0 Å². The quantitative estimate of drug-likeness (QED) is 0.722. The van der Waals surface area contributed by atoms with Crippen molar-refractivity contribution in [3.63, 3.8) is 0 Å². The number of carbonyl (C=O) groups excluding carboxylic acids is 1. The molecule has 1 aliphatic rings. The van der Waals surface area contributed by atoms with Gasteiger partial charge in [0.15, 0.2) is 0 Å². The van der Waals surface area contributed by atoms with Crippen molar-refractivity contribution in [1.29, 1.82) is 0 Å². The van der Waals surface area contributed by atoms with Crippen molar-refractivity contribution in [2.75, 3.05) is 6.61 Å². The maximum atomic E-state index is 12.2. The van der Waals surface area contributed by atoms with Crippen molar-refractivity contribution in [2.24, 2.45) is 5.92 Å². The van der Waals surface area contributed by atoms with Crippen molar-refractivity contribution in [3.05, 3.63) is 72.3 Å². The van der Waals surface area contributed by atoms with Crippen molar-refractivity contribution in [2.45, 2.75) is 25.3 Å². The Hall–Kier alpha value is -3.08. The van der Waals surface area contributed by atoms with Crippen LogP contribution >= 0.6 is 0 Å². The number of allylic oxidation sites excluding steroid dienone is 1. The topological polar surface area (TPSA) is 75.6 Å². The molecule has 3 rings (SSSR count). The van der Waals surface area contributed by atoms with Gasteiger partial charge in [-0.05, 0) is 34.6 Å². The lowest BCUT2D eigenvalue weighted by atomic mass is 9.98. The van der Waals surface area contributed by atoms with Gasteiger partial charge in [0.25, 0.3) is 0 Å². The van der Waals surface area contributed by atoms with E-state index in [2.05, 4.69) is 24.0 Å². The predicted octanol–water partition coefficient (Wildman–Crippen LogP) is 4.19. The second-order valence-corrected chi connectivity index (χ2v) is 6.79. The Bertz CT molecular complexity index is 815. The van der Waals surface area contributed by atoms with E-state index in [1.54, 1.807) is 13.0 Å². The van der Waals surface area contributed by atoms with Crippen LogP contribution in [0.3, 0.4) is 0 Å². The van der Waals surface area contributed by atoms with Gasteiger partial charge in [-0.15, -0.1) is 6.58 Å². The van der Waals surface area contributed by atoms with Gasteiger partial charge in [-0.1, -0.05) is 61.5 Å². The zero-order chi connectivity index (χ0) is 19.4. The monoisotopic (exact) mass is 365 g/mol. The van der Waals surface area contributed by atoms with Crippen molar-refractivity contribution in [1.82, 2.24) is 5.32 Å². The molecule has 0 saturated carbocycles. The molecule has 5 nitrogen and oxygen atoms in total. The molecule has 0 aliphatic heterocycles. The third-order valence-corrected chi connectivity index (χ3v) is 4.99. The molecule has 0 radical (unpaired) electrons. The Kier molecular flexibility index (Phi) is 5.60. The summed E-state index contributed by atoms with van der Waals surface area (Å²) in [6.07, 6.45) is 1.40. The molecule has 0 bridgehead atoms. The number of benzene rings is 2. The lowest BCUT2D eigenvalue weighted by Crippen LogP contribution is -2.45. The van der Waals surface area contributed by atoms with Gasteiger partial charge in [0.2, 0.25) is 0 Å². The van der Waals surface area contributed by atoms with Crippen LogP contribution in [0.1, 0.15) is 30.4 Å². The van der Waals surface area contributed by atoms with Gasteiger partial charge in [0, 0.05) is 5.92 Å². The maximum absolute atomic E-state index is 12.2. The van der Waals surface area contributed by atoms with Gasteiger partial charge < -0.3 is 15.2 Å². The second-order valence-electron chi connectivity index (χ2n) is 6.79. The van der Waals surface area contributed by atoms with Gasteiger partial charge in [-0.25, -0.2) is 9.59 Å². The number of alkyl carbamates (subject to hydrolysis) is 1. The number of aliphatic carboxylic acids is 1. The van der Waals surface area contributed by atoms with Crippen LogP contribution in [0.15, 0.2) is 61.2 Å². The van der Waals surface area contributed by atoms with Crippen LogP contribution < -0.4 is 5.32 Å². The molecular weight excluding hydrogens is 342 g/mol. The lowest BCUT2D eigenvalue weighted by molar-refractivity contribution is -0.140. The van der Waals surface area contributed by atoms with E-state index in [9.17, 15) is 14.7 Å². The minimum absolute atomic E-state index is 0.0583. The fourth-order valence-corrected chi connectivity index (χ4v) is 3.61. The molecule has 0 aromatic heterocycles. The van der Waals surface area contributed by atoms with E-state index in [4.69, 9.17) is 4.74 Å². The zero-order valence-corrected chi connectivity index (χ0v) is 15.2. The maximum Gasteiger partial charge on any atom is 0.407 e. The Morgan fingerprint density at radius 3 is 2.22 bits per heavy atom. The molecule has 0 saturated heterocycles. The number of nitrogens with one attached hydrogen (secondary N) is 1. The van der Waals surface area contributed by atoms with Crippen molar-refractivity contribution < 1.29 is 19.4 Å². The minimum Gasteiger partial charge on any atom is -0.480 e. The number of amides is 1. The molecule has 1 amide bonds. The Morgan fingerprint density at radius 2 is 1.70 bits per heavy atom. The highest BCUT2D eigenvalue weighted by atomic mass is 16.5. The summed E-state index contributed by atoms with van der Waals surface area (Å²) in [4.78, 5) is 23.7. The second kappa shape index (κ2) is 8.08. The number of fused-ring (bicyclic) bond motifs is 3. The first kappa shape index (κ1) is 18.7. The average Bonchev–Trinajstić information content (AvgIpc) is 2.98. The molecule has 0 spiro atoms. The zero-order valence-electron chi connectivity index (χ0n) is 15.2. The van der Waals surface area contributed by atoms with Gasteiger partial charge in [0.05, 0.1) is 0 Å². The molecule has 2 N–H and O–H groups in total. The van der Waals surface area contributed by atoms with Gasteiger partial charge in [0.1, 0.15) is 12.6 Å². The van der Waals surface area contributed by atoms with E-state index in [0.717, 1.165) is 22.3 Å². The van der Waals surface area contributed by atoms with Crippen LogP contribution in [0.4, 0.5) is 4.79 Å². The van der Waals surface area contributed by atoms with E-state index >= 15 is 0 Å². The predicted molar refractivity (Wildman–Crippen MR) is 104 cm³/mol. The first-order valence-corrected chi connectivity index (χ1v) is 8.98. The highest BCUT2D eigenvalue weighted by molar-refractivity contribution is 5.81. The Morgan fingerprint density at radius 1 is 1.15 bits per heavy atom. The molecule has 0 fully saturated rings. The van der Waals surface area contributed by atoms with Crippen molar-refractivity contribution in [3.8, 4) is 11.1 Å². The molecule has 0 heterocycles. The summed E-state index contributed by atoms with van der Waals surface area (Å²) in [7, 11) is 0. The standard InChI is InChI=1S/C22H23NO4/c1-3-8-14(2)20(21(24)25)23-22(26)27-13-19-17-11-6-4-9-15(17)16-10-5-7-12-18(16)19/h3-7,9-12,14,19-20H,1,8,13H2,2H3,(H,23,26)(H,24,25)/t14-,20-/m0/s1. The molecular formula is C22H23NO4. The number of hydrogen-bond acceptors (Lipinski definition) is 3. The molecule has 140 valence electrons. The van der Waals surface area contributed by atoms with Crippen LogP contribution in [0, 0.1) is 5.92 Å². The summed E-state index contributed by atoms with van der Waals surface area (Å²) in [5, 5.41) is 11.8. The number of rotatable bonds is 7. The number of hydrogen-bond donors (Lipinski definition) is 2. The highest BCUT2D eigenvalue weighted by Crippen LogP contribution is 2.44. The van der Waals surface area contributed by atoms with E-state index in [0.29, 0.717) is 6.42 Å². The number of carboxylic acids is 1. The number of carboxylic acid groups (broad SMARTS) is 1. The molecule has 27 heavy (non-hydrogen) atoms. The SMILES string of the molecule is C=CC[C@H](C)[C@H](NC(=O)OCC1c2ccccc2-c2ccccc21)C(=O)O. The van der Waals surface area contributed by atoms with Crippen molar-refractivity contribution >= 4 is 12.1 Å². The van der Waals surface area contributed by atoms with Gasteiger partial charge >= 0.3 is 12.1 Å². The average molecular weight is 365 g/mol. The molecule has 2 aromatic rings. The molecule has 0 unspecified atom stereocenters. The summed E-state index contributed by atoms with van der Waals surface area (Å²) in [5.74, 6) is -1.42. The first-order chi connectivity index (χ1) is 13.0. The fraction of sp³-hybridized carbons (Fsp3) is 0.273. The Balaban J connectivity index is 1.70. The number of ether oxygens (including phenoxy) is 1. The van der Waals surface area contributed by atoms with E-state index in [-0.39, 0.29) is 18.4 Å². The summed E-state index contributed by atoms with van der Waals surface area (Å²) in [5.41, 5.74) is 4.51. The van der Waals surface area contributed by atoms with E-state index in [1.165, 1.54) is 0 Å². The van der Waals surface area contributed by atoms with E-state index in [1.807, 2.05) is 36.4 Å². The molecule has 2 atom stereocenters. The normalized spacial score (nSPS) is 14.6. The van der Waals surface area contributed by atoms with Crippen LogP contribution in [0.5, 0.6) is 0 Å². The third-order valence-electron chi connectivity index (χ3n) is 4.99.